The molecule has 2 aromatic heterocycles. The fourth-order valence-electron chi connectivity index (χ4n) is 4.93. The topological polar surface area (TPSA) is 78.3 Å². The van der Waals surface area contributed by atoms with E-state index < -0.39 is 0 Å². The molecule has 0 bridgehead atoms. The highest BCUT2D eigenvalue weighted by Crippen LogP contribution is 2.25. The minimum absolute atomic E-state index is 0.206. The summed E-state index contributed by atoms with van der Waals surface area (Å²) in [6, 6.07) is 18.6. The van der Waals surface area contributed by atoms with Crippen molar-refractivity contribution in [3.63, 3.8) is 0 Å². The Balaban J connectivity index is 1.24. The van der Waals surface area contributed by atoms with E-state index in [0.717, 1.165) is 41.4 Å². The number of rotatable bonds is 7. The molecule has 4 aromatic rings. The molecule has 37 heavy (non-hydrogen) atoms. The minimum atomic E-state index is 0.206. The van der Waals surface area contributed by atoms with Gasteiger partial charge >= 0.3 is 0 Å². The van der Waals surface area contributed by atoms with Crippen LogP contribution in [0, 0.1) is 6.92 Å². The van der Waals surface area contributed by atoms with E-state index >= 15 is 0 Å². The maximum atomic E-state index is 9.89. The molecular formula is C30H34N6O. The average Bonchev–Trinajstić information content (AvgIpc) is 2.91. The number of anilines is 1. The number of phenolic OH excluding ortho intramolecular Hbond substituents is 1. The molecule has 0 spiro atoms. The van der Waals surface area contributed by atoms with Crippen LogP contribution < -0.4 is 4.90 Å². The first-order valence-corrected chi connectivity index (χ1v) is 12.9. The lowest BCUT2D eigenvalue weighted by atomic mass is 10.0. The molecule has 0 radical (unpaired) electrons. The van der Waals surface area contributed by atoms with Crippen molar-refractivity contribution in [1.29, 1.82) is 0 Å². The van der Waals surface area contributed by atoms with E-state index in [1.165, 1.54) is 24.1 Å². The van der Waals surface area contributed by atoms with Crippen molar-refractivity contribution in [2.24, 2.45) is 0 Å². The van der Waals surface area contributed by atoms with Crippen LogP contribution in [-0.2, 0) is 12.8 Å². The summed E-state index contributed by atoms with van der Waals surface area (Å²) in [5.41, 5.74) is 6.13. The van der Waals surface area contributed by atoms with Crippen molar-refractivity contribution in [2.75, 3.05) is 32.1 Å². The van der Waals surface area contributed by atoms with Gasteiger partial charge in [-0.2, -0.15) is 0 Å². The molecule has 0 atom stereocenters. The van der Waals surface area contributed by atoms with Gasteiger partial charge in [0, 0.05) is 55.6 Å². The van der Waals surface area contributed by atoms with E-state index in [2.05, 4.69) is 58.1 Å². The van der Waals surface area contributed by atoms with Crippen LogP contribution in [0.15, 0.2) is 67.0 Å². The lowest BCUT2D eigenvalue weighted by Gasteiger charge is -2.36. The third kappa shape index (κ3) is 6.12. The van der Waals surface area contributed by atoms with Crippen LogP contribution in [0.1, 0.15) is 41.2 Å². The van der Waals surface area contributed by atoms with E-state index in [-0.39, 0.29) is 5.75 Å². The van der Waals surface area contributed by atoms with E-state index in [0.29, 0.717) is 24.7 Å². The summed E-state index contributed by atoms with van der Waals surface area (Å²) in [5.74, 6) is 1.61. The number of hydrogen-bond donors (Lipinski definition) is 1. The Bertz CT molecular complexity index is 1350. The van der Waals surface area contributed by atoms with Gasteiger partial charge in [0.15, 0.2) is 5.82 Å². The SMILES string of the molecule is Cc1ccc(O)cc1-c1nccc(Cc2ccnc(Cc3ccc(N4CCC(N(C)C)CC4)cc3)n2)n1. The third-order valence-electron chi connectivity index (χ3n) is 7.16. The van der Waals surface area contributed by atoms with Crippen molar-refractivity contribution in [1.82, 2.24) is 24.8 Å². The Kier molecular flexibility index (Phi) is 7.42. The molecule has 2 aromatic carbocycles. The molecule has 0 unspecified atom stereocenters. The largest absolute Gasteiger partial charge is 0.508 e. The molecule has 1 N–H and O–H groups in total. The lowest BCUT2D eigenvalue weighted by molar-refractivity contribution is 0.249. The quantitative estimate of drug-likeness (QED) is 0.400. The zero-order valence-electron chi connectivity index (χ0n) is 21.8. The molecule has 1 aliphatic heterocycles. The van der Waals surface area contributed by atoms with Gasteiger partial charge in [0.1, 0.15) is 11.6 Å². The summed E-state index contributed by atoms with van der Waals surface area (Å²) >= 11 is 0. The van der Waals surface area contributed by atoms with Gasteiger partial charge < -0.3 is 14.9 Å². The third-order valence-corrected chi connectivity index (χ3v) is 7.16. The first-order valence-electron chi connectivity index (χ1n) is 12.9. The summed E-state index contributed by atoms with van der Waals surface area (Å²) in [5, 5.41) is 9.89. The number of phenols is 1. The summed E-state index contributed by atoms with van der Waals surface area (Å²) in [7, 11) is 4.35. The number of hydrogen-bond acceptors (Lipinski definition) is 7. The van der Waals surface area contributed by atoms with Gasteiger partial charge in [-0.1, -0.05) is 18.2 Å². The van der Waals surface area contributed by atoms with Crippen LogP contribution in [-0.4, -0.2) is 63.2 Å². The van der Waals surface area contributed by atoms with Crippen LogP contribution in [0.5, 0.6) is 5.75 Å². The fraction of sp³-hybridized carbons (Fsp3) is 0.333. The predicted octanol–water partition coefficient (Wildman–Crippen LogP) is 4.66. The van der Waals surface area contributed by atoms with Gasteiger partial charge in [0.05, 0.1) is 11.4 Å². The van der Waals surface area contributed by atoms with Crippen LogP contribution in [0.2, 0.25) is 0 Å². The van der Waals surface area contributed by atoms with Gasteiger partial charge in [-0.05, 0) is 81.4 Å². The molecule has 1 saturated heterocycles. The highest BCUT2D eigenvalue weighted by atomic mass is 16.3. The Morgan fingerprint density at radius 2 is 1.57 bits per heavy atom. The van der Waals surface area contributed by atoms with Crippen LogP contribution in [0.3, 0.4) is 0 Å². The molecule has 5 rings (SSSR count). The lowest BCUT2D eigenvalue weighted by Crippen LogP contribution is -2.41. The second-order valence-corrected chi connectivity index (χ2v) is 10.0. The molecule has 0 amide bonds. The molecule has 7 nitrogen and oxygen atoms in total. The summed E-state index contributed by atoms with van der Waals surface area (Å²) < 4.78 is 0. The second-order valence-electron chi connectivity index (χ2n) is 10.0. The maximum Gasteiger partial charge on any atom is 0.159 e. The van der Waals surface area contributed by atoms with Crippen molar-refractivity contribution in [3.8, 4) is 17.1 Å². The number of aryl methyl sites for hydroxylation is 1. The minimum Gasteiger partial charge on any atom is -0.508 e. The van der Waals surface area contributed by atoms with E-state index in [9.17, 15) is 5.11 Å². The van der Waals surface area contributed by atoms with Gasteiger partial charge in [0.2, 0.25) is 0 Å². The predicted molar refractivity (Wildman–Crippen MR) is 147 cm³/mol. The van der Waals surface area contributed by atoms with E-state index in [4.69, 9.17) is 9.97 Å². The van der Waals surface area contributed by atoms with Crippen molar-refractivity contribution in [3.05, 3.63) is 95.3 Å². The Labute approximate surface area is 218 Å². The van der Waals surface area contributed by atoms with Gasteiger partial charge in [-0.25, -0.2) is 19.9 Å². The zero-order chi connectivity index (χ0) is 25.8. The van der Waals surface area contributed by atoms with Crippen molar-refractivity contribution < 1.29 is 5.11 Å². The van der Waals surface area contributed by atoms with Crippen LogP contribution in [0.4, 0.5) is 5.69 Å². The smallest absolute Gasteiger partial charge is 0.159 e. The number of benzene rings is 2. The van der Waals surface area contributed by atoms with Gasteiger partial charge in [-0.3, -0.25) is 0 Å². The first kappa shape index (κ1) is 24.8. The van der Waals surface area contributed by atoms with Crippen LogP contribution in [0.25, 0.3) is 11.4 Å². The summed E-state index contributed by atoms with van der Waals surface area (Å²) in [6.07, 6.45) is 7.27. The van der Waals surface area contributed by atoms with E-state index in [1.807, 2.05) is 31.3 Å². The second kappa shape index (κ2) is 11.0. The number of aromatic hydroxyl groups is 1. The number of piperidine rings is 1. The molecule has 7 heteroatoms. The first-order chi connectivity index (χ1) is 17.9. The summed E-state index contributed by atoms with van der Waals surface area (Å²) in [4.78, 5) is 23.3. The van der Waals surface area contributed by atoms with Gasteiger partial charge in [-0.15, -0.1) is 0 Å². The number of nitrogens with zero attached hydrogens (tertiary/aromatic N) is 6. The van der Waals surface area contributed by atoms with Crippen molar-refractivity contribution >= 4 is 5.69 Å². The molecule has 3 heterocycles. The zero-order valence-corrected chi connectivity index (χ0v) is 21.8. The fourth-order valence-corrected chi connectivity index (χ4v) is 4.93. The molecule has 1 aliphatic rings. The molecule has 190 valence electrons. The molecule has 1 fully saturated rings. The highest BCUT2D eigenvalue weighted by Gasteiger charge is 2.20. The van der Waals surface area contributed by atoms with Crippen LogP contribution >= 0.6 is 0 Å². The van der Waals surface area contributed by atoms with E-state index in [1.54, 1.807) is 18.3 Å². The normalized spacial score (nSPS) is 14.3. The number of aromatic nitrogens is 4. The summed E-state index contributed by atoms with van der Waals surface area (Å²) in [6.45, 7) is 4.19. The standard InChI is InChI=1S/C30H34N6O/c1-21-4-9-27(37)20-28(21)30-32-15-11-24(34-30)19-23-10-14-31-29(33-23)18-22-5-7-26(8-6-22)36-16-12-25(13-17-36)35(2)3/h4-11,14-15,20,25,37H,12-13,16-19H2,1-3H3. The molecule has 0 aliphatic carbocycles. The highest BCUT2D eigenvalue weighted by molar-refractivity contribution is 5.62. The molecule has 0 saturated carbocycles. The Hall–Kier alpha value is -3.84. The Morgan fingerprint density at radius 3 is 2.30 bits per heavy atom. The monoisotopic (exact) mass is 494 g/mol. The Morgan fingerprint density at radius 1 is 0.865 bits per heavy atom. The average molecular weight is 495 g/mol. The maximum absolute atomic E-state index is 9.89. The van der Waals surface area contributed by atoms with Gasteiger partial charge in [0.25, 0.3) is 0 Å². The molecular weight excluding hydrogens is 460 g/mol. The van der Waals surface area contributed by atoms with Crippen molar-refractivity contribution in [2.45, 2.75) is 38.6 Å².